The minimum absolute atomic E-state index is 0.0132. The monoisotopic (exact) mass is 324 g/mol. The Bertz CT molecular complexity index is 634. The minimum Gasteiger partial charge on any atom is -0.332 e. The third-order valence-electron chi connectivity index (χ3n) is 2.91. The standard InChI is InChI=1S/C14H14Cl2N4O/c1-9(2)20(8-10-4-3-5-17-7-10)14(21)11-6-12(15)18-19-13(11)16/h3-7,9H,8H2,1-2H3. The molecule has 0 fully saturated rings. The predicted octanol–water partition coefficient (Wildman–Crippen LogP) is 3.23. The van der Waals surface area contributed by atoms with Crippen LogP contribution in [0.4, 0.5) is 0 Å². The van der Waals surface area contributed by atoms with Crippen molar-refractivity contribution < 1.29 is 4.79 Å². The summed E-state index contributed by atoms with van der Waals surface area (Å²) in [6, 6.07) is 5.16. The maximum atomic E-state index is 12.7. The van der Waals surface area contributed by atoms with Crippen molar-refractivity contribution in [3.05, 3.63) is 52.0 Å². The smallest absolute Gasteiger partial charge is 0.257 e. The van der Waals surface area contributed by atoms with Crippen LogP contribution in [0, 0.1) is 0 Å². The van der Waals surface area contributed by atoms with Gasteiger partial charge in [-0.15, -0.1) is 10.2 Å². The van der Waals surface area contributed by atoms with Crippen LogP contribution in [0.15, 0.2) is 30.6 Å². The van der Waals surface area contributed by atoms with E-state index >= 15 is 0 Å². The Morgan fingerprint density at radius 1 is 1.33 bits per heavy atom. The zero-order valence-corrected chi connectivity index (χ0v) is 13.1. The number of rotatable bonds is 4. The highest BCUT2D eigenvalue weighted by Crippen LogP contribution is 2.20. The van der Waals surface area contributed by atoms with Gasteiger partial charge in [-0.3, -0.25) is 9.78 Å². The van der Waals surface area contributed by atoms with E-state index in [9.17, 15) is 4.79 Å². The normalized spacial score (nSPS) is 10.7. The van der Waals surface area contributed by atoms with E-state index in [1.54, 1.807) is 17.3 Å². The van der Waals surface area contributed by atoms with Crippen LogP contribution in [-0.4, -0.2) is 32.0 Å². The topological polar surface area (TPSA) is 59.0 Å². The Morgan fingerprint density at radius 3 is 2.71 bits per heavy atom. The second-order valence-electron chi connectivity index (χ2n) is 4.76. The highest BCUT2D eigenvalue weighted by molar-refractivity contribution is 6.34. The fourth-order valence-corrected chi connectivity index (χ4v) is 2.16. The number of carbonyl (C=O) groups excluding carboxylic acids is 1. The van der Waals surface area contributed by atoms with E-state index in [1.165, 1.54) is 6.07 Å². The lowest BCUT2D eigenvalue weighted by atomic mass is 10.2. The Kier molecular flexibility index (Phi) is 5.09. The Morgan fingerprint density at radius 2 is 2.10 bits per heavy atom. The van der Waals surface area contributed by atoms with Gasteiger partial charge in [0.2, 0.25) is 0 Å². The molecule has 2 heterocycles. The summed E-state index contributed by atoms with van der Waals surface area (Å²) >= 11 is 11.7. The molecule has 0 atom stereocenters. The van der Waals surface area contributed by atoms with E-state index < -0.39 is 0 Å². The highest BCUT2D eigenvalue weighted by atomic mass is 35.5. The Labute approximate surface area is 132 Å². The van der Waals surface area contributed by atoms with Crippen molar-refractivity contribution in [1.82, 2.24) is 20.1 Å². The maximum Gasteiger partial charge on any atom is 0.257 e. The molecule has 1 amide bonds. The fraction of sp³-hybridized carbons (Fsp3) is 0.286. The summed E-state index contributed by atoms with van der Waals surface area (Å²) in [4.78, 5) is 18.4. The number of halogens is 2. The van der Waals surface area contributed by atoms with Gasteiger partial charge in [0, 0.05) is 25.0 Å². The molecule has 0 aliphatic rings. The molecule has 0 bridgehead atoms. The Hall–Kier alpha value is -1.72. The van der Waals surface area contributed by atoms with Crippen LogP contribution in [0.2, 0.25) is 10.3 Å². The molecule has 0 N–H and O–H groups in total. The van der Waals surface area contributed by atoms with Crippen molar-refractivity contribution >= 4 is 29.1 Å². The van der Waals surface area contributed by atoms with E-state index in [2.05, 4.69) is 15.2 Å². The van der Waals surface area contributed by atoms with Crippen LogP contribution < -0.4 is 0 Å². The van der Waals surface area contributed by atoms with Crippen molar-refractivity contribution in [2.75, 3.05) is 0 Å². The summed E-state index contributed by atoms with van der Waals surface area (Å²) in [5.41, 5.74) is 1.18. The summed E-state index contributed by atoms with van der Waals surface area (Å²) in [7, 11) is 0. The van der Waals surface area contributed by atoms with Gasteiger partial charge in [-0.25, -0.2) is 0 Å². The molecule has 110 valence electrons. The lowest BCUT2D eigenvalue weighted by Gasteiger charge is -2.27. The number of carbonyl (C=O) groups is 1. The van der Waals surface area contributed by atoms with E-state index in [1.807, 2.05) is 26.0 Å². The molecule has 7 heteroatoms. The van der Waals surface area contributed by atoms with Gasteiger partial charge in [0.25, 0.3) is 5.91 Å². The van der Waals surface area contributed by atoms with E-state index in [0.717, 1.165) is 5.56 Å². The zero-order chi connectivity index (χ0) is 15.4. The van der Waals surface area contributed by atoms with Gasteiger partial charge in [-0.2, -0.15) is 0 Å². The van der Waals surface area contributed by atoms with Crippen LogP contribution in [0.1, 0.15) is 29.8 Å². The van der Waals surface area contributed by atoms with Gasteiger partial charge >= 0.3 is 0 Å². The first-order valence-corrected chi connectivity index (χ1v) is 7.13. The van der Waals surface area contributed by atoms with Gasteiger partial charge in [0.1, 0.15) is 0 Å². The van der Waals surface area contributed by atoms with Crippen LogP contribution >= 0.6 is 23.2 Å². The number of pyridine rings is 1. The molecule has 2 aromatic heterocycles. The third-order valence-corrected chi connectivity index (χ3v) is 3.37. The van der Waals surface area contributed by atoms with Gasteiger partial charge in [0.15, 0.2) is 10.3 Å². The molecule has 2 aromatic rings. The molecule has 5 nitrogen and oxygen atoms in total. The van der Waals surface area contributed by atoms with Gasteiger partial charge in [-0.05, 0) is 31.5 Å². The second-order valence-corrected chi connectivity index (χ2v) is 5.50. The Balaban J connectivity index is 2.30. The first-order chi connectivity index (χ1) is 9.99. The van der Waals surface area contributed by atoms with Gasteiger partial charge < -0.3 is 4.90 Å². The predicted molar refractivity (Wildman–Crippen MR) is 81.3 cm³/mol. The lowest BCUT2D eigenvalue weighted by Crippen LogP contribution is -2.36. The summed E-state index contributed by atoms with van der Waals surface area (Å²) < 4.78 is 0. The van der Waals surface area contributed by atoms with Crippen molar-refractivity contribution in [1.29, 1.82) is 0 Å². The molecule has 2 rings (SSSR count). The van der Waals surface area contributed by atoms with E-state index in [0.29, 0.717) is 6.54 Å². The van der Waals surface area contributed by atoms with Crippen LogP contribution in [-0.2, 0) is 6.54 Å². The number of nitrogens with zero attached hydrogens (tertiary/aromatic N) is 4. The number of hydrogen-bond acceptors (Lipinski definition) is 4. The molecule has 21 heavy (non-hydrogen) atoms. The molecular weight excluding hydrogens is 311 g/mol. The summed E-state index contributed by atoms with van der Waals surface area (Å²) in [6.07, 6.45) is 3.41. The number of amides is 1. The quantitative estimate of drug-likeness (QED) is 0.866. The second kappa shape index (κ2) is 6.83. The van der Waals surface area contributed by atoms with Crippen molar-refractivity contribution in [2.45, 2.75) is 26.4 Å². The first-order valence-electron chi connectivity index (χ1n) is 6.37. The van der Waals surface area contributed by atoms with Gasteiger partial charge in [-0.1, -0.05) is 29.3 Å². The molecule has 0 aromatic carbocycles. The molecule has 0 saturated carbocycles. The minimum atomic E-state index is -0.240. The van der Waals surface area contributed by atoms with Crippen molar-refractivity contribution in [3.63, 3.8) is 0 Å². The lowest BCUT2D eigenvalue weighted by molar-refractivity contribution is 0.0689. The molecule has 0 radical (unpaired) electrons. The molecule has 0 aliphatic heterocycles. The van der Waals surface area contributed by atoms with Crippen LogP contribution in [0.3, 0.4) is 0 Å². The van der Waals surface area contributed by atoms with Gasteiger partial charge in [0.05, 0.1) is 5.56 Å². The van der Waals surface area contributed by atoms with Crippen molar-refractivity contribution in [2.24, 2.45) is 0 Å². The summed E-state index contributed by atoms with van der Waals surface area (Å²) in [6.45, 7) is 4.29. The first kappa shape index (κ1) is 15.7. The largest absolute Gasteiger partial charge is 0.332 e. The highest BCUT2D eigenvalue weighted by Gasteiger charge is 2.22. The average molecular weight is 325 g/mol. The third kappa shape index (κ3) is 3.89. The molecule has 0 spiro atoms. The molecule has 0 unspecified atom stereocenters. The van der Waals surface area contributed by atoms with E-state index in [4.69, 9.17) is 23.2 Å². The summed E-state index contributed by atoms with van der Waals surface area (Å²) in [5.74, 6) is -0.240. The fourth-order valence-electron chi connectivity index (χ4n) is 1.83. The summed E-state index contributed by atoms with van der Waals surface area (Å²) in [5, 5.41) is 7.46. The van der Waals surface area contributed by atoms with Crippen LogP contribution in [0.25, 0.3) is 0 Å². The molecular formula is C14H14Cl2N4O. The maximum absolute atomic E-state index is 12.7. The van der Waals surface area contributed by atoms with Crippen LogP contribution in [0.5, 0.6) is 0 Å². The number of hydrogen-bond donors (Lipinski definition) is 0. The number of aromatic nitrogens is 3. The van der Waals surface area contributed by atoms with E-state index in [-0.39, 0.29) is 27.8 Å². The SMILES string of the molecule is CC(C)N(Cc1cccnc1)C(=O)c1cc(Cl)nnc1Cl. The zero-order valence-electron chi connectivity index (χ0n) is 11.6. The van der Waals surface area contributed by atoms with Crippen molar-refractivity contribution in [3.8, 4) is 0 Å². The average Bonchev–Trinajstić information content (AvgIpc) is 2.47. The molecule has 0 saturated heterocycles. The molecule has 0 aliphatic carbocycles.